The molecule has 36 heavy (non-hydrogen) atoms. The molecule has 0 saturated carbocycles. The Kier molecular flexibility index (Phi) is 5.80. The third-order valence-corrected chi connectivity index (χ3v) is 6.72. The van der Waals surface area contributed by atoms with Gasteiger partial charge in [0.25, 0.3) is 5.56 Å². The van der Waals surface area contributed by atoms with Crippen molar-refractivity contribution < 1.29 is 4.74 Å². The zero-order chi connectivity index (χ0) is 24.5. The molecule has 176 valence electrons. The highest BCUT2D eigenvalue weighted by Crippen LogP contribution is 2.26. The zero-order valence-corrected chi connectivity index (χ0v) is 20.4. The van der Waals surface area contributed by atoms with Crippen molar-refractivity contribution in [3.05, 3.63) is 122 Å². The standard InChI is InChI=1S/C27H18ClN5O2S/c28-20-13-11-18(12-14-20)25-19(16-32(31-25)21-7-3-1-4-8-21)15-23-26(34)33-27(36-23)29-24(30-33)17-35-22-9-5-2-6-10-22/h1-16H,17H2. The van der Waals surface area contributed by atoms with Crippen molar-refractivity contribution in [2.75, 3.05) is 0 Å². The Hall–Kier alpha value is -4.27. The predicted octanol–water partition coefficient (Wildman–Crippen LogP) is 4.78. The van der Waals surface area contributed by atoms with Gasteiger partial charge in [-0.05, 0) is 42.5 Å². The van der Waals surface area contributed by atoms with Gasteiger partial charge in [-0.25, -0.2) is 4.68 Å². The molecule has 0 spiro atoms. The molecule has 0 fully saturated rings. The molecule has 0 radical (unpaired) electrons. The Labute approximate surface area is 214 Å². The lowest BCUT2D eigenvalue weighted by molar-refractivity contribution is 0.296. The van der Waals surface area contributed by atoms with Crippen LogP contribution in [0.2, 0.25) is 5.02 Å². The highest BCUT2D eigenvalue weighted by atomic mass is 35.5. The Bertz CT molecular complexity index is 1760. The molecule has 0 amide bonds. The number of nitrogens with zero attached hydrogens (tertiary/aromatic N) is 5. The number of fused-ring (bicyclic) bond motifs is 1. The maximum Gasteiger partial charge on any atom is 0.291 e. The lowest BCUT2D eigenvalue weighted by atomic mass is 10.1. The second-order valence-electron chi connectivity index (χ2n) is 7.96. The second kappa shape index (κ2) is 9.41. The fourth-order valence-electron chi connectivity index (χ4n) is 3.78. The SMILES string of the molecule is O=c1c(=Cc2cn(-c3ccccc3)nc2-c2ccc(Cl)cc2)sc2nc(COc3ccccc3)nn12. The molecule has 0 aliphatic rings. The van der Waals surface area contributed by atoms with Crippen LogP contribution < -0.4 is 14.8 Å². The van der Waals surface area contributed by atoms with Crippen LogP contribution in [0.25, 0.3) is 28.0 Å². The molecule has 3 heterocycles. The summed E-state index contributed by atoms with van der Waals surface area (Å²) in [6, 6.07) is 26.7. The summed E-state index contributed by atoms with van der Waals surface area (Å²) < 4.78 is 9.35. The molecule has 0 unspecified atom stereocenters. The van der Waals surface area contributed by atoms with Crippen LogP contribution in [0, 0.1) is 0 Å². The highest BCUT2D eigenvalue weighted by molar-refractivity contribution is 7.15. The Morgan fingerprint density at radius 1 is 0.917 bits per heavy atom. The lowest BCUT2D eigenvalue weighted by Crippen LogP contribution is -2.24. The number of para-hydroxylation sites is 2. The quantitative estimate of drug-likeness (QED) is 0.321. The van der Waals surface area contributed by atoms with Crippen molar-refractivity contribution in [1.29, 1.82) is 0 Å². The maximum atomic E-state index is 13.1. The minimum atomic E-state index is -0.233. The molecule has 6 rings (SSSR count). The van der Waals surface area contributed by atoms with Crippen molar-refractivity contribution in [2.45, 2.75) is 6.61 Å². The van der Waals surface area contributed by atoms with Crippen molar-refractivity contribution in [1.82, 2.24) is 24.4 Å². The number of benzene rings is 3. The molecule has 0 atom stereocenters. The van der Waals surface area contributed by atoms with E-state index >= 15 is 0 Å². The lowest BCUT2D eigenvalue weighted by Gasteiger charge is -2.01. The van der Waals surface area contributed by atoms with E-state index < -0.39 is 0 Å². The van der Waals surface area contributed by atoms with Crippen molar-refractivity contribution >= 4 is 34.0 Å². The zero-order valence-electron chi connectivity index (χ0n) is 18.8. The Morgan fingerprint density at radius 2 is 1.64 bits per heavy atom. The number of aromatic nitrogens is 5. The van der Waals surface area contributed by atoms with Crippen LogP contribution in [0.4, 0.5) is 0 Å². The minimum Gasteiger partial charge on any atom is -0.486 e. The van der Waals surface area contributed by atoms with Gasteiger partial charge in [-0.15, -0.1) is 5.10 Å². The van der Waals surface area contributed by atoms with Gasteiger partial charge in [-0.3, -0.25) is 4.79 Å². The van der Waals surface area contributed by atoms with E-state index in [1.807, 2.05) is 97.2 Å². The van der Waals surface area contributed by atoms with E-state index in [1.165, 1.54) is 15.9 Å². The van der Waals surface area contributed by atoms with Gasteiger partial charge in [0.1, 0.15) is 18.1 Å². The topological polar surface area (TPSA) is 74.3 Å². The van der Waals surface area contributed by atoms with Crippen LogP contribution in [0.15, 0.2) is 95.9 Å². The molecule has 0 aliphatic heterocycles. The van der Waals surface area contributed by atoms with Gasteiger partial charge in [0.2, 0.25) is 4.96 Å². The van der Waals surface area contributed by atoms with Crippen molar-refractivity contribution in [3.8, 4) is 22.7 Å². The Morgan fingerprint density at radius 3 is 2.36 bits per heavy atom. The van der Waals surface area contributed by atoms with Crippen molar-refractivity contribution in [2.24, 2.45) is 0 Å². The smallest absolute Gasteiger partial charge is 0.291 e. The molecule has 3 aromatic heterocycles. The monoisotopic (exact) mass is 511 g/mol. The van der Waals surface area contributed by atoms with E-state index in [0.29, 0.717) is 20.3 Å². The van der Waals surface area contributed by atoms with Crippen LogP contribution in [0.1, 0.15) is 11.4 Å². The second-order valence-corrected chi connectivity index (χ2v) is 9.41. The molecule has 0 N–H and O–H groups in total. The van der Waals surface area contributed by atoms with Gasteiger partial charge in [-0.1, -0.05) is 71.5 Å². The molecule has 0 aliphatic carbocycles. The summed E-state index contributed by atoms with van der Waals surface area (Å²) in [5.41, 5.74) is 3.12. The molecule has 3 aromatic carbocycles. The van der Waals surface area contributed by atoms with Gasteiger partial charge >= 0.3 is 0 Å². The summed E-state index contributed by atoms with van der Waals surface area (Å²) in [4.78, 5) is 18.1. The highest BCUT2D eigenvalue weighted by Gasteiger charge is 2.14. The van der Waals surface area contributed by atoms with E-state index in [-0.39, 0.29) is 12.2 Å². The summed E-state index contributed by atoms with van der Waals surface area (Å²) in [6.45, 7) is 0.182. The minimum absolute atomic E-state index is 0.182. The summed E-state index contributed by atoms with van der Waals surface area (Å²) in [5, 5.41) is 9.81. The van der Waals surface area contributed by atoms with E-state index in [4.69, 9.17) is 21.4 Å². The maximum absolute atomic E-state index is 13.1. The number of rotatable bonds is 6. The summed E-state index contributed by atoms with van der Waals surface area (Å²) >= 11 is 7.37. The van der Waals surface area contributed by atoms with Crippen LogP contribution in [-0.2, 0) is 6.61 Å². The van der Waals surface area contributed by atoms with E-state index in [0.717, 1.165) is 28.3 Å². The van der Waals surface area contributed by atoms with E-state index in [9.17, 15) is 4.79 Å². The summed E-state index contributed by atoms with van der Waals surface area (Å²) in [7, 11) is 0. The number of halogens is 1. The molecule has 6 aromatic rings. The van der Waals surface area contributed by atoms with Gasteiger partial charge in [0.05, 0.1) is 10.2 Å². The third kappa shape index (κ3) is 4.39. The van der Waals surface area contributed by atoms with Gasteiger partial charge in [0.15, 0.2) is 5.82 Å². The van der Waals surface area contributed by atoms with E-state index in [2.05, 4.69) is 10.1 Å². The first kappa shape index (κ1) is 22.2. The van der Waals surface area contributed by atoms with Gasteiger partial charge in [0, 0.05) is 22.3 Å². The predicted molar refractivity (Wildman–Crippen MR) is 141 cm³/mol. The molecular formula is C27H18ClN5O2S. The average Bonchev–Trinajstić information content (AvgIpc) is 3.59. The normalized spacial score (nSPS) is 11.9. The number of thiazole rings is 1. The Balaban J connectivity index is 1.38. The summed E-state index contributed by atoms with van der Waals surface area (Å²) in [5.74, 6) is 1.17. The van der Waals surface area contributed by atoms with Crippen LogP contribution in [0.5, 0.6) is 5.75 Å². The number of hydrogen-bond donors (Lipinski definition) is 0. The average molecular weight is 512 g/mol. The van der Waals surface area contributed by atoms with Gasteiger partial charge in [-0.2, -0.15) is 14.6 Å². The van der Waals surface area contributed by atoms with Crippen molar-refractivity contribution in [3.63, 3.8) is 0 Å². The number of hydrogen-bond acceptors (Lipinski definition) is 6. The molecular weight excluding hydrogens is 494 g/mol. The first-order valence-electron chi connectivity index (χ1n) is 11.1. The molecule has 0 saturated heterocycles. The third-order valence-electron chi connectivity index (χ3n) is 5.50. The fourth-order valence-corrected chi connectivity index (χ4v) is 4.82. The molecule has 0 bridgehead atoms. The largest absolute Gasteiger partial charge is 0.486 e. The molecule has 9 heteroatoms. The fraction of sp³-hybridized carbons (Fsp3) is 0.0370. The summed E-state index contributed by atoms with van der Waals surface area (Å²) in [6.07, 6.45) is 3.74. The number of ether oxygens (including phenoxy) is 1. The van der Waals surface area contributed by atoms with Crippen LogP contribution in [-0.4, -0.2) is 24.4 Å². The van der Waals surface area contributed by atoms with Gasteiger partial charge < -0.3 is 4.74 Å². The van der Waals surface area contributed by atoms with Crippen LogP contribution >= 0.6 is 22.9 Å². The first-order chi connectivity index (χ1) is 17.6. The van der Waals surface area contributed by atoms with E-state index in [1.54, 1.807) is 4.68 Å². The first-order valence-corrected chi connectivity index (χ1v) is 12.3. The molecule has 7 nitrogen and oxygen atoms in total. The van der Waals surface area contributed by atoms with Crippen LogP contribution in [0.3, 0.4) is 0 Å².